The third kappa shape index (κ3) is 3.18. The summed E-state index contributed by atoms with van der Waals surface area (Å²) in [6.45, 7) is 2.84. The summed E-state index contributed by atoms with van der Waals surface area (Å²) in [6, 6.07) is 7.56. The Bertz CT molecular complexity index is 794. The number of fused-ring (bicyclic) bond motifs is 1. The monoisotopic (exact) mass is 311 g/mol. The standard InChI is InChI=1S/C18H21N3O2/c1-2-3-7-14-8-6-11-20(14)18(23)13-21-16-10-5-4-9-15(16)19-12-17(21)22/h4-6,8-10,12,14H,2-3,7,11,13H2,1H3/t14-/m0/s1. The highest BCUT2D eigenvalue weighted by molar-refractivity contribution is 5.80. The van der Waals surface area contributed by atoms with Crippen LogP contribution in [0.5, 0.6) is 0 Å². The number of rotatable bonds is 5. The minimum Gasteiger partial charge on any atom is -0.331 e. The molecule has 0 saturated carbocycles. The van der Waals surface area contributed by atoms with E-state index in [2.05, 4.69) is 18.0 Å². The van der Waals surface area contributed by atoms with Gasteiger partial charge in [0.1, 0.15) is 6.54 Å². The van der Waals surface area contributed by atoms with E-state index in [1.807, 2.05) is 35.2 Å². The van der Waals surface area contributed by atoms with E-state index in [-0.39, 0.29) is 24.1 Å². The van der Waals surface area contributed by atoms with Crippen molar-refractivity contribution in [1.82, 2.24) is 14.5 Å². The number of unbranched alkanes of at least 4 members (excludes halogenated alkanes) is 1. The molecule has 0 radical (unpaired) electrons. The highest BCUT2D eigenvalue weighted by Crippen LogP contribution is 2.17. The largest absolute Gasteiger partial charge is 0.331 e. The van der Waals surface area contributed by atoms with Gasteiger partial charge in [-0.25, -0.2) is 4.98 Å². The Kier molecular flexibility index (Phi) is 4.55. The molecule has 1 aliphatic heterocycles. The lowest BCUT2D eigenvalue weighted by Crippen LogP contribution is -2.40. The van der Waals surface area contributed by atoms with Gasteiger partial charge in [0, 0.05) is 6.54 Å². The molecule has 0 N–H and O–H groups in total. The third-order valence-corrected chi connectivity index (χ3v) is 4.28. The van der Waals surface area contributed by atoms with E-state index in [1.165, 1.54) is 10.8 Å². The minimum atomic E-state index is -0.241. The topological polar surface area (TPSA) is 55.2 Å². The summed E-state index contributed by atoms with van der Waals surface area (Å²) < 4.78 is 1.51. The van der Waals surface area contributed by atoms with Gasteiger partial charge in [-0.1, -0.05) is 44.1 Å². The van der Waals surface area contributed by atoms with Gasteiger partial charge in [-0.2, -0.15) is 0 Å². The van der Waals surface area contributed by atoms with Crippen LogP contribution < -0.4 is 5.56 Å². The van der Waals surface area contributed by atoms with Crippen molar-refractivity contribution >= 4 is 16.9 Å². The summed E-state index contributed by atoms with van der Waals surface area (Å²) in [5, 5.41) is 0. The number of nitrogens with zero attached hydrogens (tertiary/aromatic N) is 3. The fourth-order valence-corrected chi connectivity index (χ4v) is 3.03. The van der Waals surface area contributed by atoms with Gasteiger partial charge in [0.15, 0.2) is 0 Å². The molecule has 0 saturated heterocycles. The molecule has 0 unspecified atom stereocenters. The van der Waals surface area contributed by atoms with Crippen LogP contribution in [0.2, 0.25) is 0 Å². The molecule has 1 aromatic heterocycles. The minimum absolute atomic E-state index is 0.0189. The van der Waals surface area contributed by atoms with Gasteiger partial charge >= 0.3 is 0 Å². The highest BCUT2D eigenvalue weighted by atomic mass is 16.2. The molecule has 1 amide bonds. The first-order chi connectivity index (χ1) is 11.2. The van der Waals surface area contributed by atoms with Crippen LogP contribution in [0.1, 0.15) is 26.2 Å². The van der Waals surface area contributed by atoms with Crippen molar-refractivity contribution in [3.05, 3.63) is 53.0 Å². The maximum atomic E-state index is 12.7. The van der Waals surface area contributed by atoms with Gasteiger partial charge < -0.3 is 4.90 Å². The predicted octanol–water partition coefficient (Wildman–Crippen LogP) is 2.35. The summed E-state index contributed by atoms with van der Waals surface area (Å²) in [5.41, 5.74) is 1.18. The van der Waals surface area contributed by atoms with Crippen molar-refractivity contribution in [3.8, 4) is 0 Å². The van der Waals surface area contributed by atoms with E-state index in [0.29, 0.717) is 12.1 Å². The molecule has 0 aliphatic carbocycles. The first-order valence-corrected chi connectivity index (χ1v) is 8.11. The van der Waals surface area contributed by atoms with Gasteiger partial charge in [-0.15, -0.1) is 0 Å². The lowest BCUT2D eigenvalue weighted by molar-refractivity contribution is -0.132. The predicted molar refractivity (Wildman–Crippen MR) is 90.2 cm³/mol. The Morgan fingerprint density at radius 1 is 1.35 bits per heavy atom. The first-order valence-electron chi connectivity index (χ1n) is 8.11. The summed E-state index contributed by atoms with van der Waals surface area (Å²) in [4.78, 5) is 30.8. The lowest BCUT2D eigenvalue weighted by atomic mass is 10.1. The van der Waals surface area contributed by atoms with Crippen molar-refractivity contribution < 1.29 is 4.79 Å². The van der Waals surface area contributed by atoms with Gasteiger partial charge in [-0.3, -0.25) is 14.2 Å². The molecule has 120 valence electrons. The summed E-state index contributed by atoms with van der Waals surface area (Å²) in [5.74, 6) is -0.0189. The van der Waals surface area contributed by atoms with Gasteiger partial charge in [0.05, 0.1) is 23.3 Å². The SMILES string of the molecule is CCCC[C@H]1C=CCN1C(=O)Cn1c(=O)cnc2ccccc21. The van der Waals surface area contributed by atoms with Crippen LogP contribution in [0.15, 0.2) is 47.4 Å². The van der Waals surface area contributed by atoms with Crippen LogP contribution in [-0.4, -0.2) is 32.9 Å². The molecule has 5 heteroatoms. The maximum absolute atomic E-state index is 12.7. The zero-order valence-electron chi connectivity index (χ0n) is 13.3. The summed E-state index contributed by atoms with van der Waals surface area (Å²) >= 11 is 0. The van der Waals surface area contributed by atoms with Crippen molar-refractivity contribution in [2.24, 2.45) is 0 Å². The van der Waals surface area contributed by atoms with E-state index in [1.54, 1.807) is 0 Å². The molecule has 2 aromatic rings. The van der Waals surface area contributed by atoms with Crippen LogP contribution in [0, 0.1) is 0 Å². The average molecular weight is 311 g/mol. The summed E-state index contributed by atoms with van der Waals surface area (Å²) in [6.07, 6.45) is 8.60. The second kappa shape index (κ2) is 6.77. The van der Waals surface area contributed by atoms with Crippen LogP contribution in [0.4, 0.5) is 0 Å². The number of hydrogen-bond donors (Lipinski definition) is 0. The van der Waals surface area contributed by atoms with Crippen LogP contribution in [0.3, 0.4) is 0 Å². The number of benzene rings is 1. The Balaban J connectivity index is 1.83. The molecular weight excluding hydrogens is 290 g/mol. The second-order valence-corrected chi connectivity index (χ2v) is 5.86. The number of para-hydroxylation sites is 2. The number of carbonyl (C=O) groups excluding carboxylic acids is 1. The van der Waals surface area contributed by atoms with Crippen LogP contribution in [-0.2, 0) is 11.3 Å². The number of aromatic nitrogens is 2. The van der Waals surface area contributed by atoms with E-state index in [4.69, 9.17) is 0 Å². The van der Waals surface area contributed by atoms with Crippen molar-refractivity contribution in [1.29, 1.82) is 0 Å². The first kappa shape index (κ1) is 15.5. The Labute approximate surface area is 135 Å². The van der Waals surface area contributed by atoms with Crippen LogP contribution >= 0.6 is 0 Å². The molecule has 1 atom stereocenters. The highest BCUT2D eigenvalue weighted by Gasteiger charge is 2.24. The molecule has 0 spiro atoms. The number of amides is 1. The molecule has 2 heterocycles. The van der Waals surface area contributed by atoms with Crippen molar-refractivity contribution in [2.45, 2.75) is 38.8 Å². The Morgan fingerprint density at radius 2 is 2.17 bits per heavy atom. The molecule has 0 bridgehead atoms. The third-order valence-electron chi connectivity index (χ3n) is 4.28. The zero-order chi connectivity index (χ0) is 16.2. The maximum Gasteiger partial charge on any atom is 0.269 e. The normalized spacial score (nSPS) is 17.1. The molecule has 1 aromatic carbocycles. The average Bonchev–Trinajstić information content (AvgIpc) is 3.04. The number of hydrogen-bond acceptors (Lipinski definition) is 3. The van der Waals surface area contributed by atoms with Crippen LogP contribution in [0.25, 0.3) is 11.0 Å². The fraction of sp³-hybridized carbons (Fsp3) is 0.389. The quantitative estimate of drug-likeness (QED) is 0.797. The summed E-state index contributed by atoms with van der Waals surface area (Å²) in [7, 11) is 0. The van der Waals surface area contributed by atoms with Crippen molar-refractivity contribution in [2.75, 3.05) is 6.54 Å². The molecule has 1 aliphatic rings. The van der Waals surface area contributed by atoms with E-state index < -0.39 is 0 Å². The van der Waals surface area contributed by atoms with E-state index in [0.717, 1.165) is 24.8 Å². The second-order valence-electron chi connectivity index (χ2n) is 5.86. The molecule has 3 rings (SSSR count). The smallest absolute Gasteiger partial charge is 0.269 e. The van der Waals surface area contributed by atoms with E-state index >= 15 is 0 Å². The fourth-order valence-electron chi connectivity index (χ4n) is 3.03. The van der Waals surface area contributed by atoms with Crippen molar-refractivity contribution in [3.63, 3.8) is 0 Å². The molecule has 0 fully saturated rings. The molecular formula is C18H21N3O2. The van der Waals surface area contributed by atoms with E-state index in [9.17, 15) is 9.59 Å². The Hall–Kier alpha value is -2.43. The van der Waals surface area contributed by atoms with Gasteiger partial charge in [-0.05, 0) is 18.6 Å². The number of carbonyl (C=O) groups is 1. The van der Waals surface area contributed by atoms with Gasteiger partial charge in [0.2, 0.25) is 5.91 Å². The zero-order valence-corrected chi connectivity index (χ0v) is 13.3. The molecule has 5 nitrogen and oxygen atoms in total. The molecule has 23 heavy (non-hydrogen) atoms. The van der Waals surface area contributed by atoms with Gasteiger partial charge in [0.25, 0.3) is 5.56 Å². The Morgan fingerprint density at radius 3 is 3.00 bits per heavy atom. The lowest BCUT2D eigenvalue weighted by Gasteiger charge is -2.25.